The minimum Gasteiger partial charge on any atom is -0.475 e. The number of nitro groups is 1. The number of halogens is 1. The summed E-state index contributed by atoms with van der Waals surface area (Å²) in [4.78, 5) is 13.9. The third kappa shape index (κ3) is 3.94. The zero-order valence-corrected chi connectivity index (χ0v) is 11.2. The smallest absolute Gasteiger partial charge is 0.288 e. The molecule has 6 nitrogen and oxygen atoms in total. The van der Waals surface area contributed by atoms with Crippen LogP contribution in [-0.2, 0) is 0 Å². The van der Waals surface area contributed by atoms with Crippen molar-refractivity contribution in [2.45, 2.75) is 25.8 Å². The fraction of sp³-hybridized carbons (Fsp3) is 0.500. The summed E-state index contributed by atoms with van der Waals surface area (Å²) < 4.78 is 5.86. The quantitative estimate of drug-likeness (QED) is 0.665. The molecule has 1 heterocycles. The van der Waals surface area contributed by atoms with Crippen molar-refractivity contribution in [2.24, 2.45) is 5.73 Å². The molecule has 0 aliphatic rings. The Morgan fingerprint density at radius 2 is 2.35 bits per heavy atom. The van der Waals surface area contributed by atoms with Crippen LogP contribution in [0, 0.1) is 10.1 Å². The highest BCUT2D eigenvalue weighted by Crippen LogP contribution is 2.26. The van der Waals surface area contributed by atoms with Crippen LogP contribution < -0.4 is 10.5 Å². The SMILES string of the molecule is CCC(C)(N)COc1ncc([N+](=O)[O-])cc1Br. The van der Waals surface area contributed by atoms with Crippen LogP contribution in [0.25, 0.3) is 0 Å². The lowest BCUT2D eigenvalue weighted by molar-refractivity contribution is -0.385. The molecule has 94 valence electrons. The van der Waals surface area contributed by atoms with Gasteiger partial charge in [0.25, 0.3) is 5.69 Å². The van der Waals surface area contributed by atoms with Gasteiger partial charge in [-0.1, -0.05) is 6.92 Å². The molecule has 2 N–H and O–H groups in total. The van der Waals surface area contributed by atoms with Gasteiger partial charge in [-0.25, -0.2) is 4.98 Å². The van der Waals surface area contributed by atoms with Crippen LogP contribution >= 0.6 is 15.9 Å². The van der Waals surface area contributed by atoms with Crippen molar-refractivity contribution in [3.8, 4) is 5.88 Å². The topological polar surface area (TPSA) is 91.3 Å². The van der Waals surface area contributed by atoms with Crippen molar-refractivity contribution in [1.29, 1.82) is 0 Å². The predicted octanol–water partition coefficient (Wildman–Crippen LogP) is 2.26. The lowest BCUT2D eigenvalue weighted by Crippen LogP contribution is -2.41. The van der Waals surface area contributed by atoms with Crippen LogP contribution in [0.3, 0.4) is 0 Å². The maximum atomic E-state index is 10.5. The first kappa shape index (κ1) is 13.9. The molecule has 1 rings (SSSR count). The van der Waals surface area contributed by atoms with Gasteiger partial charge in [-0.2, -0.15) is 0 Å². The van der Waals surface area contributed by atoms with Gasteiger partial charge in [0.2, 0.25) is 5.88 Å². The molecule has 0 bridgehead atoms. The van der Waals surface area contributed by atoms with Crippen molar-refractivity contribution in [3.05, 3.63) is 26.9 Å². The lowest BCUT2D eigenvalue weighted by Gasteiger charge is -2.22. The van der Waals surface area contributed by atoms with Gasteiger partial charge in [0.15, 0.2) is 0 Å². The highest BCUT2D eigenvalue weighted by atomic mass is 79.9. The first-order chi connectivity index (χ1) is 7.85. The zero-order valence-electron chi connectivity index (χ0n) is 9.64. The summed E-state index contributed by atoms with van der Waals surface area (Å²) in [5.74, 6) is 0.306. The molecule has 0 fully saturated rings. The summed E-state index contributed by atoms with van der Waals surface area (Å²) in [5.41, 5.74) is 5.39. The molecular weight excluding hydrogens is 290 g/mol. The molecule has 17 heavy (non-hydrogen) atoms. The number of hydrogen-bond acceptors (Lipinski definition) is 5. The largest absolute Gasteiger partial charge is 0.475 e. The molecule has 0 amide bonds. The van der Waals surface area contributed by atoms with Gasteiger partial charge in [0, 0.05) is 11.6 Å². The van der Waals surface area contributed by atoms with Gasteiger partial charge in [-0.3, -0.25) is 10.1 Å². The Labute approximate surface area is 107 Å². The Bertz CT molecular complexity index is 423. The average molecular weight is 304 g/mol. The van der Waals surface area contributed by atoms with Crippen LogP contribution in [0.4, 0.5) is 5.69 Å². The zero-order chi connectivity index (χ0) is 13.1. The van der Waals surface area contributed by atoms with Crippen molar-refractivity contribution in [3.63, 3.8) is 0 Å². The third-order valence-electron chi connectivity index (χ3n) is 2.35. The Balaban J connectivity index is 2.77. The van der Waals surface area contributed by atoms with E-state index in [9.17, 15) is 10.1 Å². The highest BCUT2D eigenvalue weighted by molar-refractivity contribution is 9.10. The summed E-state index contributed by atoms with van der Waals surface area (Å²) in [6.07, 6.45) is 1.91. The molecule has 0 saturated heterocycles. The molecule has 7 heteroatoms. The van der Waals surface area contributed by atoms with Crippen LogP contribution in [-0.4, -0.2) is 22.1 Å². The Morgan fingerprint density at radius 3 is 2.82 bits per heavy atom. The molecular formula is C10H14BrN3O3. The maximum Gasteiger partial charge on any atom is 0.288 e. The van der Waals surface area contributed by atoms with E-state index < -0.39 is 10.5 Å². The molecule has 0 radical (unpaired) electrons. The highest BCUT2D eigenvalue weighted by Gasteiger charge is 2.18. The molecule has 1 unspecified atom stereocenters. The van der Waals surface area contributed by atoms with Gasteiger partial charge in [0.1, 0.15) is 12.8 Å². The van der Waals surface area contributed by atoms with E-state index in [1.54, 1.807) is 0 Å². The second kappa shape index (κ2) is 5.42. The van der Waals surface area contributed by atoms with E-state index in [-0.39, 0.29) is 5.69 Å². The molecule has 0 spiro atoms. The minimum atomic E-state index is -0.513. The number of hydrogen-bond donors (Lipinski definition) is 1. The van der Waals surface area contributed by atoms with Gasteiger partial charge in [0.05, 0.1) is 9.40 Å². The standard InChI is InChI=1S/C10H14BrN3O3/c1-3-10(2,12)6-17-9-8(11)4-7(5-13-9)14(15)16/h4-5H,3,6,12H2,1-2H3. The second-order valence-corrected chi connectivity index (χ2v) is 4.89. The van der Waals surface area contributed by atoms with E-state index in [0.29, 0.717) is 17.0 Å². The maximum absolute atomic E-state index is 10.5. The molecule has 0 aliphatic heterocycles. The lowest BCUT2D eigenvalue weighted by atomic mass is 10.0. The molecule has 1 aromatic heterocycles. The number of rotatable bonds is 5. The van der Waals surface area contributed by atoms with E-state index in [0.717, 1.165) is 12.6 Å². The predicted molar refractivity (Wildman–Crippen MR) is 67.0 cm³/mol. The fourth-order valence-corrected chi connectivity index (χ4v) is 1.41. The molecule has 1 atom stereocenters. The molecule has 0 aromatic carbocycles. The van der Waals surface area contributed by atoms with Gasteiger partial charge < -0.3 is 10.5 Å². The van der Waals surface area contributed by atoms with Crippen LogP contribution in [0.5, 0.6) is 5.88 Å². The number of nitrogens with two attached hydrogens (primary N) is 1. The Kier molecular flexibility index (Phi) is 4.41. The molecule has 0 aliphatic carbocycles. The fourth-order valence-electron chi connectivity index (χ4n) is 0.957. The molecule has 0 saturated carbocycles. The van der Waals surface area contributed by atoms with Gasteiger partial charge >= 0.3 is 0 Å². The van der Waals surface area contributed by atoms with E-state index in [1.807, 2.05) is 13.8 Å². The summed E-state index contributed by atoms with van der Waals surface area (Å²) in [7, 11) is 0. The summed E-state index contributed by atoms with van der Waals surface area (Å²) in [6, 6.07) is 1.35. The van der Waals surface area contributed by atoms with E-state index >= 15 is 0 Å². The van der Waals surface area contributed by atoms with E-state index in [2.05, 4.69) is 20.9 Å². The monoisotopic (exact) mass is 303 g/mol. The minimum absolute atomic E-state index is 0.0878. The van der Waals surface area contributed by atoms with Crippen molar-refractivity contribution >= 4 is 21.6 Å². The van der Waals surface area contributed by atoms with Crippen molar-refractivity contribution < 1.29 is 9.66 Å². The number of nitrogens with zero attached hydrogens (tertiary/aromatic N) is 2. The second-order valence-electron chi connectivity index (χ2n) is 4.03. The van der Waals surface area contributed by atoms with Gasteiger partial charge in [-0.05, 0) is 29.3 Å². The van der Waals surface area contributed by atoms with Gasteiger partial charge in [-0.15, -0.1) is 0 Å². The first-order valence-electron chi connectivity index (χ1n) is 5.07. The Morgan fingerprint density at radius 1 is 1.71 bits per heavy atom. The number of ether oxygens (including phenoxy) is 1. The van der Waals surface area contributed by atoms with Crippen molar-refractivity contribution in [2.75, 3.05) is 6.61 Å². The van der Waals surface area contributed by atoms with Crippen LogP contribution in [0.15, 0.2) is 16.7 Å². The average Bonchev–Trinajstić information content (AvgIpc) is 2.27. The van der Waals surface area contributed by atoms with Crippen LogP contribution in [0.1, 0.15) is 20.3 Å². The summed E-state index contributed by atoms with van der Waals surface area (Å²) in [6.45, 7) is 4.13. The van der Waals surface area contributed by atoms with Crippen LogP contribution in [0.2, 0.25) is 0 Å². The summed E-state index contributed by atoms with van der Waals surface area (Å²) in [5, 5.41) is 10.5. The Hall–Kier alpha value is -1.21. The number of pyridine rings is 1. The normalized spacial score (nSPS) is 14.1. The molecule has 1 aromatic rings. The number of aromatic nitrogens is 1. The summed E-state index contributed by atoms with van der Waals surface area (Å²) >= 11 is 3.17. The third-order valence-corrected chi connectivity index (χ3v) is 2.92. The first-order valence-corrected chi connectivity index (χ1v) is 5.86. The van der Waals surface area contributed by atoms with E-state index in [1.165, 1.54) is 6.07 Å². The van der Waals surface area contributed by atoms with E-state index in [4.69, 9.17) is 10.5 Å². The van der Waals surface area contributed by atoms with Crippen molar-refractivity contribution in [1.82, 2.24) is 4.98 Å².